The van der Waals surface area contributed by atoms with Crippen molar-refractivity contribution in [3.05, 3.63) is 0 Å². The van der Waals surface area contributed by atoms with Gasteiger partial charge in [-0.1, -0.05) is 0 Å². The summed E-state index contributed by atoms with van der Waals surface area (Å²) in [6.07, 6.45) is -0.778. The monoisotopic (exact) mass is 390 g/mol. The molecule has 0 aliphatic heterocycles. The summed E-state index contributed by atoms with van der Waals surface area (Å²) in [6.45, 7) is 4.42. The van der Waals surface area contributed by atoms with Crippen LogP contribution < -0.4 is 5.32 Å². The van der Waals surface area contributed by atoms with Crippen LogP contribution in [-0.2, 0) is 28.8 Å². The van der Waals surface area contributed by atoms with Gasteiger partial charge in [0.2, 0.25) is 5.91 Å². The first-order valence-electron chi connectivity index (χ1n) is 8.27. The zero-order valence-electron chi connectivity index (χ0n) is 17.0. The van der Waals surface area contributed by atoms with Crippen molar-refractivity contribution in [1.82, 2.24) is 20.3 Å². The van der Waals surface area contributed by atoms with Gasteiger partial charge in [0, 0.05) is 27.1 Å². The molecule has 4 amide bonds. The average Bonchev–Trinajstić information content (AvgIpc) is 2.57. The number of likely N-dealkylation sites (N-methyl/N-ethyl adjacent to an activating group) is 2. The van der Waals surface area contributed by atoms with Crippen LogP contribution in [0.5, 0.6) is 0 Å². The Bertz CT molecular complexity index is 509. The van der Waals surface area contributed by atoms with Gasteiger partial charge in [0.25, 0.3) is 11.8 Å². The minimum Gasteiger partial charge on any atom is -0.444 e. The molecule has 0 aliphatic carbocycles. The van der Waals surface area contributed by atoms with Crippen LogP contribution in [0.1, 0.15) is 27.2 Å². The lowest BCUT2D eigenvalue weighted by atomic mass is 10.2. The smallest absolute Gasteiger partial charge is 0.407 e. The van der Waals surface area contributed by atoms with Gasteiger partial charge < -0.3 is 15.0 Å². The van der Waals surface area contributed by atoms with Crippen LogP contribution >= 0.6 is 0 Å². The molecule has 0 spiro atoms. The number of alkyl carbamates (subject to hydrolysis) is 1. The summed E-state index contributed by atoms with van der Waals surface area (Å²) in [5.41, 5.74) is -0.658. The van der Waals surface area contributed by atoms with Crippen LogP contribution in [0.25, 0.3) is 0 Å². The van der Waals surface area contributed by atoms with Crippen molar-refractivity contribution in [1.29, 1.82) is 0 Å². The maximum Gasteiger partial charge on any atom is 0.407 e. The van der Waals surface area contributed by atoms with E-state index in [0.29, 0.717) is 0 Å². The van der Waals surface area contributed by atoms with Gasteiger partial charge in [-0.15, -0.1) is 0 Å². The van der Waals surface area contributed by atoms with Crippen molar-refractivity contribution >= 4 is 23.8 Å². The summed E-state index contributed by atoms with van der Waals surface area (Å²) in [5, 5.41) is 4.35. The molecule has 0 unspecified atom stereocenters. The molecular formula is C16H30N4O7. The number of carbonyl (C=O) groups excluding carboxylic acids is 4. The lowest BCUT2D eigenvalue weighted by Gasteiger charge is -2.25. The molecule has 27 heavy (non-hydrogen) atoms. The molecule has 0 heterocycles. The zero-order chi connectivity index (χ0) is 21.2. The second-order valence-corrected chi connectivity index (χ2v) is 6.58. The van der Waals surface area contributed by atoms with Crippen molar-refractivity contribution in [3.63, 3.8) is 0 Å². The maximum absolute atomic E-state index is 12.4. The van der Waals surface area contributed by atoms with Gasteiger partial charge in [0.05, 0.1) is 14.2 Å². The van der Waals surface area contributed by atoms with E-state index in [1.807, 2.05) is 0 Å². The number of amides is 4. The molecule has 0 atom stereocenters. The van der Waals surface area contributed by atoms with E-state index in [0.717, 1.165) is 15.0 Å². The predicted octanol–water partition coefficient (Wildman–Crippen LogP) is -0.231. The molecule has 0 radical (unpaired) electrons. The van der Waals surface area contributed by atoms with Crippen LogP contribution in [0, 0.1) is 0 Å². The van der Waals surface area contributed by atoms with Gasteiger partial charge in [0.15, 0.2) is 0 Å². The third-order valence-electron chi connectivity index (χ3n) is 3.26. The van der Waals surface area contributed by atoms with Crippen molar-refractivity contribution in [2.75, 3.05) is 47.9 Å². The first kappa shape index (κ1) is 24.6. The van der Waals surface area contributed by atoms with Gasteiger partial charge in [-0.2, -0.15) is 0 Å². The van der Waals surface area contributed by atoms with E-state index in [4.69, 9.17) is 14.4 Å². The van der Waals surface area contributed by atoms with Crippen LogP contribution in [0.15, 0.2) is 0 Å². The number of hydroxylamine groups is 4. The predicted molar refractivity (Wildman–Crippen MR) is 95.0 cm³/mol. The normalized spacial score (nSPS) is 10.8. The topological polar surface area (TPSA) is 118 Å². The molecule has 0 fully saturated rings. The van der Waals surface area contributed by atoms with Crippen molar-refractivity contribution in [2.45, 2.75) is 32.8 Å². The molecule has 0 saturated heterocycles. The molecule has 0 saturated carbocycles. The summed E-state index contributed by atoms with van der Waals surface area (Å²) < 4.78 is 5.07. The second kappa shape index (κ2) is 11.3. The Morgan fingerprint density at radius 1 is 0.852 bits per heavy atom. The summed E-state index contributed by atoms with van der Waals surface area (Å²) >= 11 is 0. The molecule has 11 heteroatoms. The Morgan fingerprint density at radius 2 is 1.30 bits per heavy atom. The van der Waals surface area contributed by atoms with Crippen LogP contribution in [0.3, 0.4) is 0 Å². The van der Waals surface area contributed by atoms with Crippen LogP contribution in [0.4, 0.5) is 4.79 Å². The molecule has 1 N–H and O–H groups in total. The van der Waals surface area contributed by atoms with E-state index in [2.05, 4.69) is 5.32 Å². The molecule has 0 aromatic heterocycles. The van der Waals surface area contributed by atoms with Crippen LogP contribution in [0.2, 0.25) is 0 Å². The third kappa shape index (κ3) is 10.4. The highest BCUT2D eigenvalue weighted by Gasteiger charge is 2.24. The highest BCUT2D eigenvalue weighted by Crippen LogP contribution is 2.06. The van der Waals surface area contributed by atoms with Crippen molar-refractivity contribution in [3.8, 4) is 0 Å². The number of ether oxygens (including phenoxy) is 1. The fourth-order valence-electron chi connectivity index (χ4n) is 1.71. The summed E-state index contributed by atoms with van der Waals surface area (Å²) in [7, 11) is 5.38. The number of nitrogens with one attached hydrogen (secondary N) is 1. The van der Waals surface area contributed by atoms with E-state index in [9.17, 15) is 19.2 Å². The number of nitrogens with zero attached hydrogens (tertiary/aromatic N) is 3. The Balaban J connectivity index is 4.83. The lowest BCUT2D eigenvalue weighted by Crippen LogP contribution is -2.47. The summed E-state index contributed by atoms with van der Waals surface area (Å²) in [6, 6.07) is 0. The number of carbonyl (C=O) groups is 4. The third-order valence-corrected chi connectivity index (χ3v) is 3.26. The molecule has 0 aliphatic rings. The van der Waals surface area contributed by atoms with E-state index in [1.165, 1.54) is 28.3 Å². The van der Waals surface area contributed by atoms with Gasteiger partial charge in [0.1, 0.15) is 18.7 Å². The van der Waals surface area contributed by atoms with Crippen LogP contribution in [-0.4, -0.2) is 92.4 Å². The van der Waals surface area contributed by atoms with E-state index < -0.39 is 29.4 Å². The Labute approximate surface area is 159 Å². The van der Waals surface area contributed by atoms with Gasteiger partial charge in [-0.05, 0) is 20.8 Å². The molecule has 156 valence electrons. The zero-order valence-corrected chi connectivity index (χ0v) is 17.0. The van der Waals surface area contributed by atoms with E-state index >= 15 is 0 Å². The van der Waals surface area contributed by atoms with Gasteiger partial charge in [-0.3, -0.25) is 24.1 Å². The molecule has 0 aromatic carbocycles. The van der Waals surface area contributed by atoms with Gasteiger partial charge >= 0.3 is 6.09 Å². The molecule has 11 nitrogen and oxygen atoms in total. The maximum atomic E-state index is 12.4. The largest absolute Gasteiger partial charge is 0.444 e. The first-order chi connectivity index (χ1) is 12.4. The number of rotatable bonds is 9. The summed E-state index contributed by atoms with van der Waals surface area (Å²) in [5.74, 6) is -1.53. The molecule has 0 aromatic rings. The Kier molecular flexibility index (Phi) is 10.3. The molecular weight excluding hydrogens is 360 g/mol. The number of hydrogen-bond acceptors (Lipinski definition) is 7. The highest BCUT2D eigenvalue weighted by atomic mass is 16.7. The van der Waals surface area contributed by atoms with Crippen molar-refractivity contribution in [2.24, 2.45) is 0 Å². The SMILES string of the molecule is CON(C)C(=O)CN(CC(=O)N(C)OC)C(=O)CCNC(=O)OC(C)(C)C. The second-order valence-electron chi connectivity index (χ2n) is 6.58. The average molecular weight is 390 g/mol. The Morgan fingerprint density at radius 3 is 1.67 bits per heavy atom. The number of hydrogen-bond donors (Lipinski definition) is 1. The van der Waals surface area contributed by atoms with Gasteiger partial charge in [-0.25, -0.2) is 14.9 Å². The molecule has 0 bridgehead atoms. The summed E-state index contributed by atoms with van der Waals surface area (Å²) in [4.78, 5) is 58.7. The minimum atomic E-state index is -0.660. The quantitative estimate of drug-likeness (QED) is 0.540. The lowest BCUT2D eigenvalue weighted by molar-refractivity contribution is -0.175. The molecule has 0 rings (SSSR count). The standard InChI is InChI=1S/C16H30N4O7/c1-16(2,3)27-15(24)17-9-8-12(21)20(10-13(22)18(4)25-6)11-14(23)19(5)26-7/h8-11H2,1-7H3,(H,17,24). The highest BCUT2D eigenvalue weighted by molar-refractivity contribution is 5.88. The van der Waals surface area contributed by atoms with E-state index in [1.54, 1.807) is 20.8 Å². The van der Waals surface area contributed by atoms with Crippen molar-refractivity contribution < 1.29 is 33.6 Å². The van der Waals surface area contributed by atoms with E-state index in [-0.39, 0.29) is 26.1 Å². The Hall–Kier alpha value is -2.40. The minimum absolute atomic E-state index is 0.00708. The first-order valence-corrected chi connectivity index (χ1v) is 8.27. The fourth-order valence-corrected chi connectivity index (χ4v) is 1.71. The fraction of sp³-hybridized carbons (Fsp3) is 0.750.